The lowest BCUT2D eigenvalue weighted by molar-refractivity contribution is -0.138. The van der Waals surface area contributed by atoms with Gasteiger partial charge in [-0.1, -0.05) is 31.9 Å². The highest BCUT2D eigenvalue weighted by atomic mass is 16.4. The number of rotatable bonds is 13. The Hall–Kier alpha value is -4.74. The minimum absolute atomic E-state index is 0.0449. The maximum atomic E-state index is 13.6. The highest BCUT2D eigenvalue weighted by Gasteiger charge is 2.38. The molecule has 0 aromatic carbocycles. The molecule has 0 saturated heterocycles. The van der Waals surface area contributed by atoms with E-state index in [9.17, 15) is 28.8 Å². The third-order valence-corrected chi connectivity index (χ3v) is 9.85. The van der Waals surface area contributed by atoms with E-state index in [-0.39, 0.29) is 49.3 Å². The fraction of sp³-hybridized carbons (Fsp3) is 0.500. The smallest absolute Gasteiger partial charge is 0.287 e. The highest BCUT2D eigenvalue weighted by molar-refractivity contribution is 6.36. The summed E-state index contributed by atoms with van der Waals surface area (Å²) in [6.45, 7) is 7.32. The quantitative estimate of drug-likeness (QED) is 0.189. The number of nitrogens with zero attached hydrogens (tertiary/aromatic N) is 1. The molecule has 48 heavy (non-hydrogen) atoms. The van der Waals surface area contributed by atoms with Crippen molar-refractivity contribution in [3.63, 3.8) is 0 Å². The number of furan rings is 1. The van der Waals surface area contributed by atoms with Crippen LogP contribution in [0.25, 0.3) is 6.08 Å². The molecule has 2 aromatic rings. The first-order chi connectivity index (χ1) is 23.0. The van der Waals surface area contributed by atoms with Gasteiger partial charge < -0.3 is 30.3 Å². The average Bonchev–Trinajstić information content (AvgIpc) is 3.41. The first-order valence-electron chi connectivity index (χ1n) is 16.9. The molecule has 256 valence electrons. The zero-order valence-electron chi connectivity index (χ0n) is 27.6. The number of carbonyl (C=O) groups excluding carboxylic acids is 5. The lowest BCUT2D eigenvalue weighted by Gasteiger charge is -2.44. The van der Waals surface area contributed by atoms with E-state index < -0.39 is 35.1 Å². The van der Waals surface area contributed by atoms with Gasteiger partial charge in [0.15, 0.2) is 5.76 Å². The van der Waals surface area contributed by atoms with Gasteiger partial charge in [-0.15, -0.1) is 6.58 Å². The summed E-state index contributed by atoms with van der Waals surface area (Å²) >= 11 is 0. The molecule has 0 aliphatic heterocycles. The summed E-state index contributed by atoms with van der Waals surface area (Å²) in [4.78, 5) is 78.1. The molecule has 0 radical (unpaired) electrons. The number of pyridine rings is 1. The first kappa shape index (κ1) is 34.6. The molecule has 4 unspecified atom stereocenters. The Labute approximate surface area is 279 Å². The van der Waals surface area contributed by atoms with Crippen molar-refractivity contribution in [2.45, 2.75) is 90.3 Å². The van der Waals surface area contributed by atoms with Crippen LogP contribution in [0.5, 0.6) is 0 Å². The van der Waals surface area contributed by atoms with Gasteiger partial charge in [0, 0.05) is 36.3 Å². The summed E-state index contributed by atoms with van der Waals surface area (Å²) in [5.41, 5.74) is 0.871. The molecule has 2 heterocycles. The summed E-state index contributed by atoms with van der Waals surface area (Å²) in [6, 6.07) is 1.72. The molecule has 5 atom stereocenters. The monoisotopic (exact) mass is 659 g/mol. The molecule has 2 fully saturated rings. The summed E-state index contributed by atoms with van der Waals surface area (Å²) in [5.74, 6) is -1.16. The predicted molar refractivity (Wildman–Crippen MR) is 180 cm³/mol. The van der Waals surface area contributed by atoms with Gasteiger partial charge in [0.25, 0.3) is 17.4 Å². The van der Waals surface area contributed by atoms with Crippen LogP contribution in [-0.2, 0) is 32.1 Å². The van der Waals surface area contributed by atoms with E-state index in [1.807, 2.05) is 6.08 Å². The van der Waals surface area contributed by atoms with Crippen LogP contribution in [-0.4, -0.2) is 52.6 Å². The van der Waals surface area contributed by atoms with E-state index in [2.05, 4.69) is 34.8 Å². The average molecular weight is 660 g/mol. The van der Waals surface area contributed by atoms with Crippen LogP contribution < -0.4 is 26.8 Å². The zero-order chi connectivity index (χ0) is 34.4. The van der Waals surface area contributed by atoms with Crippen LogP contribution in [0.2, 0.25) is 0 Å². The molecule has 12 nitrogen and oxygen atoms in total. The third-order valence-electron chi connectivity index (χ3n) is 9.85. The fourth-order valence-electron chi connectivity index (χ4n) is 7.43. The van der Waals surface area contributed by atoms with Gasteiger partial charge in [-0.05, 0) is 81.4 Å². The Morgan fingerprint density at radius 2 is 1.98 bits per heavy atom. The Morgan fingerprint density at radius 3 is 2.75 bits per heavy atom. The normalized spacial score (nSPS) is 21.7. The summed E-state index contributed by atoms with van der Waals surface area (Å²) in [7, 11) is 0. The fourth-order valence-corrected chi connectivity index (χ4v) is 7.43. The first-order valence-corrected chi connectivity index (χ1v) is 16.9. The number of aromatic nitrogens is 1. The molecule has 3 aliphatic rings. The topological polar surface area (TPSA) is 169 Å². The SMILES string of the molecule is C=CCNC(=O)C(=O)CC[C@H](NC(=O)c1oc2c(c1C)CCC=C2)C(=O)Nc1cccn(CC(=O)NC2C(C)CC3CCCC2C3)c1=O. The maximum absolute atomic E-state index is 13.6. The van der Waals surface area contributed by atoms with Gasteiger partial charge in [-0.3, -0.25) is 28.8 Å². The second kappa shape index (κ2) is 15.4. The minimum atomic E-state index is -1.30. The van der Waals surface area contributed by atoms with E-state index in [4.69, 9.17) is 4.42 Å². The minimum Gasteiger partial charge on any atom is -0.451 e. The van der Waals surface area contributed by atoms with Crippen molar-refractivity contribution in [3.8, 4) is 0 Å². The molecule has 3 aliphatic carbocycles. The second-order valence-electron chi connectivity index (χ2n) is 13.3. The van der Waals surface area contributed by atoms with E-state index in [0.29, 0.717) is 29.6 Å². The number of allylic oxidation sites excluding steroid dienone is 1. The van der Waals surface area contributed by atoms with Crippen LogP contribution in [0.15, 0.2) is 46.3 Å². The summed E-state index contributed by atoms with van der Waals surface area (Å²) < 4.78 is 7.03. The molecule has 2 saturated carbocycles. The third kappa shape index (κ3) is 8.03. The largest absolute Gasteiger partial charge is 0.451 e. The zero-order valence-corrected chi connectivity index (χ0v) is 27.6. The summed E-state index contributed by atoms with van der Waals surface area (Å²) in [6.07, 6.45) is 13.3. The number of hydrogen-bond acceptors (Lipinski definition) is 7. The number of fused-ring (bicyclic) bond motifs is 3. The second-order valence-corrected chi connectivity index (χ2v) is 13.3. The number of anilines is 1. The van der Waals surface area contributed by atoms with Crippen molar-refractivity contribution in [1.29, 1.82) is 0 Å². The van der Waals surface area contributed by atoms with Gasteiger partial charge in [0.2, 0.25) is 17.6 Å². The molecule has 0 spiro atoms. The predicted octanol–water partition coefficient (Wildman–Crippen LogP) is 3.43. The van der Waals surface area contributed by atoms with Crippen molar-refractivity contribution in [2.75, 3.05) is 11.9 Å². The van der Waals surface area contributed by atoms with Crippen LogP contribution in [0.1, 0.15) is 85.7 Å². The van der Waals surface area contributed by atoms with Crippen molar-refractivity contribution < 1.29 is 28.4 Å². The molecule has 4 amide bonds. The molecular weight excluding hydrogens is 614 g/mol. The standard InChI is InChI=1S/C36H45N5O7/c1-4-16-37-34(45)28(42)15-14-26(38-35(46)32-22(3)25-11-5-6-13-29(25)48-32)33(44)39-27-12-8-17-41(36(27)47)20-30(43)40-31-21(2)18-23-9-7-10-24(31)19-23/h4,6,8,12-13,17,21,23-24,26,31H,1,5,7,9-11,14-16,18-20H2,2-3H3,(H,37,45)(H,38,46)(H,39,44)(H,40,43)/t21?,23?,24?,26-,31?/m0/s1. The van der Waals surface area contributed by atoms with E-state index in [1.54, 1.807) is 19.1 Å². The summed E-state index contributed by atoms with van der Waals surface area (Å²) in [5, 5.41) is 10.8. The Morgan fingerprint density at radius 1 is 1.17 bits per heavy atom. The van der Waals surface area contributed by atoms with E-state index in [1.165, 1.54) is 35.7 Å². The molecule has 12 heteroatoms. The number of carbonyl (C=O) groups is 5. The Bertz CT molecular complexity index is 1670. The van der Waals surface area contributed by atoms with Crippen LogP contribution in [0.4, 0.5) is 5.69 Å². The molecule has 2 aromatic heterocycles. The van der Waals surface area contributed by atoms with Crippen molar-refractivity contribution in [2.24, 2.45) is 17.8 Å². The van der Waals surface area contributed by atoms with Gasteiger partial charge >= 0.3 is 0 Å². The van der Waals surface area contributed by atoms with Gasteiger partial charge in [-0.25, -0.2) is 0 Å². The van der Waals surface area contributed by atoms with Gasteiger partial charge in [0.05, 0.1) is 0 Å². The molecular formula is C36H45N5O7. The van der Waals surface area contributed by atoms with Crippen LogP contribution in [0.3, 0.4) is 0 Å². The lowest BCUT2D eigenvalue weighted by Crippen LogP contribution is -2.50. The van der Waals surface area contributed by atoms with Gasteiger partial charge in [0.1, 0.15) is 24.0 Å². The van der Waals surface area contributed by atoms with E-state index >= 15 is 0 Å². The van der Waals surface area contributed by atoms with E-state index in [0.717, 1.165) is 37.2 Å². The Balaban J connectivity index is 1.28. The highest BCUT2D eigenvalue weighted by Crippen LogP contribution is 2.42. The van der Waals surface area contributed by atoms with Gasteiger partial charge in [-0.2, -0.15) is 0 Å². The number of hydrogen-bond donors (Lipinski definition) is 4. The van der Waals surface area contributed by atoms with Crippen molar-refractivity contribution in [3.05, 3.63) is 70.1 Å². The van der Waals surface area contributed by atoms with Crippen LogP contribution >= 0.6 is 0 Å². The van der Waals surface area contributed by atoms with Crippen molar-refractivity contribution in [1.82, 2.24) is 20.5 Å². The molecule has 2 bridgehead atoms. The van der Waals surface area contributed by atoms with Crippen LogP contribution in [0, 0.1) is 24.7 Å². The number of Topliss-reactive ketones (excluding diaryl/α,β-unsaturated/α-hetero) is 1. The lowest BCUT2D eigenvalue weighted by atomic mass is 9.65. The number of amides is 4. The maximum Gasteiger partial charge on any atom is 0.287 e. The molecule has 5 rings (SSSR count). The molecule has 4 N–H and O–H groups in total. The number of nitrogens with one attached hydrogen (secondary N) is 4. The number of ketones is 1. The van der Waals surface area contributed by atoms with Crippen molar-refractivity contribution >= 4 is 41.2 Å². The Kier molecular flexibility index (Phi) is 11.1.